The fraction of sp³-hybridized carbons (Fsp3) is 0.750. The lowest BCUT2D eigenvalue weighted by Gasteiger charge is -2.33. The van der Waals surface area contributed by atoms with Gasteiger partial charge in [-0.1, -0.05) is 5.21 Å². The molecule has 0 aromatic carbocycles. The number of piperidine rings is 1. The molecular formula is C12H18N4O. The molecule has 0 N–H and O–H groups in total. The Morgan fingerprint density at radius 3 is 2.65 bits per heavy atom. The predicted molar refractivity (Wildman–Crippen MR) is 62.4 cm³/mol. The average Bonchev–Trinajstić information content (AvgIpc) is 2.88. The van der Waals surface area contributed by atoms with E-state index in [9.17, 15) is 4.79 Å². The van der Waals surface area contributed by atoms with Crippen LogP contribution in [0.15, 0.2) is 12.4 Å². The zero-order valence-electron chi connectivity index (χ0n) is 9.96. The summed E-state index contributed by atoms with van der Waals surface area (Å²) in [4.78, 5) is 14.0. The van der Waals surface area contributed by atoms with Crippen LogP contribution >= 0.6 is 0 Å². The van der Waals surface area contributed by atoms with E-state index in [1.807, 2.05) is 10.9 Å². The van der Waals surface area contributed by atoms with Crippen LogP contribution in [0, 0.1) is 0 Å². The molecule has 0 aliphatic carbocycles. The van der Waals surface area contributed by atoms with Crippen molar-refractivity contribution in [2.75, 3.05) is 6.54 Å². The fourth-order valence-corrected chi connectivity index (χ4v) is 3.19. The van der Waals surface area contributed by atoms with Gasteiger partial charge in [-0.3, -0.25) is 14.4 Å². The van der Waals surface area contributed by atoms with E-state index in [2.05, 4.69) is 15.2 Å². The first kappa shape index (κ1) is 10.9. The molecule has 2 saturated heterocycles. The summed E-state index contributed by atoms with van der Waals surface area (Å²) < 4.78 is 1.87. The normalized spacial score (nSPS) is 28.8. The minimum absolute atomic E-state index is 0.463. The van der Waals surface area contributed by atoms with E-state index in [-0.39, 0.29) is 0 Å². The molecule has 2 atom stereocenters. The molecule has 0 radical (unpaired) electrons. The number of rotatable bonds is 4. The minimum atomic E-state index is 0.463. The highest BCUT2D eigenvalue weighted by Crippen LogP contribution is 2.33. The van der Waals surface area contributed by atoms with Gasteiger partial charge >= 0.3 is 0 Å². The van der Waals surface area contributed by atoms with E-state index in [0.717, 1.165) is 32.4 Å². The SMILES string of the molecule is O=C1CC2CCC(C1)N2CCCn1ccnn1. The smallest absolute Gasteiger partial charge is 0.136 e. The summed E-state index contributed by atoms with van der Waals surface area (Å²) in [7, 11) is 0. The van der Waals surface area contributed by atoms with Crippen molar-refractivity contribution >= 4 is 5.78 Å². The standard InChI is InChI=1S/C12H18N4O/c17-12-8-10-2-3-11(9-12)16(10)6-1-5-15-7-4-13-14-15/h4,7,10-11H,1-3,5-6,8-9H2. The molecule has 5 nitrogen and oxygen atoms in total. The van der Waals surface area contributed by atoms with Gasteiger partial charge in [0.1, 0.15) is 5.78 Å². The second-order valence-electron chi connectivity index (χ2n) is 5.09. The van der Waals surface area contributed by atoms with Gasteiger partial charge in [0.2, 0.25) is 0 Å². The molecule has 0 spiro atoms. The van der Waals surface area contributed by atoms with Crippen LogP contribution < -0.4 is 0 Å². The number of fused-ring (bicyclic) bond motifs is 2. The van der Waals surface area contributed by atoms with Crippen molar-refractivity contribution in [3.63, 3.8) is 0 Å². The molecule has 3 heterocycles. The third-order valence-corrected chi connectivity index (χ3v) is 3.97. The van der Waals surface area contributed by atoms with Crippen LogP contribution in [-0.2, 0) is 11.3 Å². The zero-order valence-corrected chi connectivity index (χ0v) is 9.96. The molecule has 2 aliphatic heterocycles. The van der Waals surface area contributed by atoms with Crippen LogP contribution in [0.4, 0.5) is 0 Å². The zero-order chi connectivity index (χ0) is 11.7. The first-order chi connectivity index (χ1) is 8.33. The molecule has 2 bridgehead atoms. The third kappa shape index (κ3) is 2.24. The molecule has 1 aromatic heterocycles. The Kier molecular flexibility index (Phi) is 2.93. The number of aryl methyl sites for hydroxylation is 1. The van der Waals surface area contributed by atoms with Crippen LogP contribution in [0.1, 0.15) is 32.1 Å². The lowest BCUT2D eigenvalue weighted by Crippen LogP contribution is -2.43. The maximum absolute atomic E-state index is 11.5. The van der Waals surface area contributed by atoms with Crippen molar-refractivity contribution in [3.8, 4) is 0 Å². The summed E-state index contributed by atoms with van der Waals surface area (Å²) in [5, 5.41) is 7.75. The van der Waals surface area contributed by atoms with Gasteiger partial charge in [-0.2, -0.15) is 0 Å². The van der Waals surface area contributed by atoms with Gasteiger partial charge in [-0.15, -0.1) is 5.10 Å². The highest BCUT2D eigenvalue weighted by Gasteiger charge is 2.39. The lowest BCUT2D eigenvalue weighted by atomic mass is 10.0. The molecule has 1 aromatic rings. The van der Waals surface area contributed by atoms with Crippen LogP contribution in [-0.4, -0.2) is 44.3 Å². The van der Waals surface area contributed by atoms with Crippen LogP contribution in [0.2, 0.25) is 0 Å². The molecule has 2 unspecified atom stereocenters. The molecular weight excluding hydrogens is 216 g/mol. The molecule has 92 valence electrons. The summed E-state index contributed by atoms with van der Waals surface area (Å²) in [6.07, 6.45) is 8.67. The Hall–Kier alpha value is -1.23. The Morgan fingerprint density at radius 2 is 2.00 bits per heavy atom. The quantitative estimate of drug-likeness (QED) is 0.775. The molecule has 0 amide bonds. The van der Waals surface area contributed by atoms with E-state index in [4.69, 9.17) is 0 Å². The topological polar surface area (TPSA) is 51.0 Å². The van der Waals surface area contributed by atoms with Gasteiger partial charge in [-0.25, -0.2) is 0 Å². The van der Waals surface area contributed by atoms with Gasteiger partial charge in [0.15, 0.2) is 0 Å². The number of carbonyl (C=O) groups is 1. The van der Waals surface area contributed by atoms with Gasteiger partial charge in [0.05, 0.1) is 6.20 Å². The molecule has 2 aliphatic rings. The highest BCUT2D eigenvalue weighted by molar-refractivity contribution is 5.80. The number of aromatic nitrogens is 3. The van der Waals surface area contributed by atoms with Gasteiger partial charge in [-0.05, 0) is 19.3 Å². The summed E-state index contributed by atoms with van der Waals surface area (Å²) in [6, 6.07) is 1.05. The van der Waals surface area contributed by atoms with E-state index in [1.54, 1.807) is 6.20 Å². The average molecular weight is 234 g/mol. The Balaban J connectivity index is 1.51. The number of ketones is 1. The maximum Gasteiger partial charge on any atom is 0.136 e. The van der Waals surface area contributed by atoms with Crippen molar-refractivity contribution < 1.29 is 4.79 Å². The minimum Gasteiger partial charge on any atom is -0.300 e. The van der Waals surface area contributed by atoms with Crippen LogP contribution in [0.25, 0.3) is 0 Å². The van der Waals surface area contributed by atoms with Crippen molar-refractivity contribution in [1.82, 2.24) is 19.9 Å². The Labute approximate surface area is 101 Å². The number of carbonyl (C=O) groups excluding carboxylic acids is 1. The van der Waals surface area contributed by atoms with E-state index in [1.165, 1.54) is 12.8 Å². The second-order valence-corrected chi connectivity index (χ2v) is 5.09. The van der Waals surface area contributed by atoms with E-state index < -0.39 is 0 Å². The maximum atomic E-state index is 11.5. The predicted octanol–water partition coefficient (Wildman–Crippen LogP) is 0.864. The van der Waals surface area contributed by atoms with E-state index >= 15 is 0 Å². The molecule has 17 heavy (non-hydrogen) atoms. The first-order valence-electron chi connectivity index (χ1n) is 6.44. The third-order valence-electron chi connectivity index (χ3n) is 3.97. The number of nitrogens with zero attached hydrogens (tertiary/aromatic N) is 4. The Morgan fingerprint density at radius 1 is 1.24 bits per heavy atom. The first-order valence-corrected chi connectivity index (χ1v) is 6.44. The number of hydrogen-bond donors (Lipinski definition) is 0. The highest BCUT2D eigenvalue weighted by atomic mass is 16.1. The van der Waals surface area contributed by atoms with E-state index in [0.29, 0.717) is 17.9 Å². The summed E-state index contributed by atoms with van der Waals surface area (Å²) in [5.74, 6) is 0.463. The van der Waals surface area contributed by atoms with Crippen molar-refractivity contribution in [1.29, 1.82) is 0 Å². The molecule has 2 fully saturated rings. The van der Waals surface area contributed by atoms with Gasteiger partial charge in [0, 0.05) is 44.2 Å². The molecule has 0 saturated carbocycles. The van der Waals surface area contributed by atoms with Crippen molar-refractivity contribution in [2.24, 2.45) is 0 Å². The second kappa shape index (κ2) is 4.56. The summed E-state index contributed by atoms with van der Waals surface area (Å²) in [5.41, 5.74) is 0. The van der Waals surface area contributed by atoms with Gasteiger partial charge < -0.3 is 0 Å². The number of hydrogen-bond acceptors (Lipinski definition) is 4. The molecule has 5 heteroatoms. The monoisotopic (exact) mass is 234 g/mol. The Bertz CT molecular complexity index is 373. The number of Topliss-reactive ketones (excluding diaryl/α,β-unsaturated/α-hetero) is 1. The van der Waals surface area contributed by atoms with Crippen molar-refractivity contribution in [2.45, 2.75) is 50.7 Å². The summed E-state index contributed by atoms with van der Waals surface area (Å²) >= 11 is 0. The van der Waals surface area contributed by atoms with Crippen LogP contribution in [0.5, 0.6) is 0 Å². The van der Waals surface area contributed by atoms with Gasteiger partial charge in [0.25, 0.3) is 0 Å². The van der Waals surface area contributed by atoms with Crippen molar-refractivity contribution in [3.05, 3.63) is 12.4 Å². The van der Waals surface area contributed by atoms with Crippen LogP contribution in [0.3, 0.4) is 0 Å². The summed E-state index contributed by atoms with van der Waals surface area (Å²) in [6.45, 7) is 2.01. The molecule has 3 rings (SSSR count). The fourth-order valence-electron chi connectivity index (χ4n) is 3.19. The largest absolute Gasteiger partial charge is 0.300 e. The lowest BCUT2D eigenvalue weighted by molar-refractivity contribution is -0.123.